The average molecular weight is 304 g/mol. The number of benzene rings is 1. The Labute approximate surface area is 128 Å². The van der Waals surface area contributed by atoms with Crippen LogP contribution in [0.1, 0.15) is 28.6 Å². The molecule has 5 heteroatoms. The summed E-state index contributed by atoms with van der Waals surface area (Å²) in [5, 5.41) is 4.04. The van der Waals surface area contributed by atoms with Crippen molar-refractivity contribution in [3.8, 4) is 0 Å². The van der Waals surface area contributed by atoms with Gasteiger partial charge in [-0.1, -0.05) is 11.6 Å². The summed E-state index contributed by atoms with van der Waals surface area (Å²) < 4.78 is 6.43. The van der Waals surface area contributed by atoms with E-state index in [-0.39, 0.29) is 11.9 Å². The number of carbonyl (C=O) groups is 1. The van der Waals surface area contributed by atoms with Crippen molar-refractivity contribution < 1.29 is 9.53 Å². The third kappa shape index (κ3) is 2.76. The number of hydrogen-bond acceptors (Lipinski definition) is 4. The fraction of sp³-hybridized carbons (Fsp3) is 0.438. The Balaban J connectivity index is 1.82. The van der Waals surface area contributed by atoms with Crippen molar-refractivity contribution in [3.63, 3.8) is 0 Å². The van der Waals surface area contributed by atoms with Crippen LogP contribution in [-0.2, 0) is 4.74 Å². The summed E-state index contributed by atoms with van der Waals surface area (Å²) in [6, 6.07) is 6.20. The van der Waals surface area contributed by atoms with Crippen molar-refractivity contribution >= 4 is 33.0 Å². The highest BCUT2D eigenvalue weighted by Crippen LogP contribution is 2.34. The first kappa shape index (κ1) is 14.4. The number of hydrogen-bond donors (Lipinski definition) is 2. The van der Waals surface area contributed by atoms with Crippen LogP contribution in [0.15, 0.2) is 18.2 Å². The van der Waals surface area contributed by atoms with Gasteiger partial charge in [-0.25, -0.2) is 0 Å². The molecular weight excluding hydrogens is 284 g/mol. The van der Waals surface area contributed by atoms with Crippen molar-refractivity contribution in [2.75, 3.05) is 18.9 Å². The Hall–Kier alpha value is -1.59. The summed E-state index contributed by atoms with van der Waals surface area (Å²) >= 11 is 1.46. The van der Waals surface area contributed by atoms with Crippen LogP contribution < -0.4 is 11.1 Å². The number of nitrogens with one attached hydrogen (secondary N) is 1. The Kier molecular flexibility index (Phi) is 3.87. The van der Waals surface area contributed by atoms with Crippen LogP contribution in [0.2, 0.25) is 0 Å². The molecule has 1 amide bonds. The Morgan fingerprint density at radius 1 is 1.52 bits per heavy atom. The van der Waals surface area contributed by atoms with Gasteiger partial charge < -0.3 is 15.8 Å². The lowest BCUT2D eigenvalue weighted by Gasteiger charge is -2.18. The molecule has 3 rings (SSSR count). The van der Waals surface area contributed by atoms with Gasteiger partial charge in [-0.3, -0.25) is 4.79 Å². The van der Waals surface area contributed by atoms with Gasteiger partial charge in [0.2, 0.25) is 0 Å². The van der Waals surface area contributed by atoms with E-state index in [1.165, 1.54) is 11.3 Å². The number of nitrogen functional groups attached to an aromatic ring is 1. The van der Waals surface area contributed by atoms with Crippen molar-refractivity contribution in [1.29, 1.82) is 0 Å². The topological polar surface area (TPSA) is 64.3 Å². The molecule has 0 spiro atoms. The number of amides is 1. The molecule has 1 aliphatic heterocycles. The predicted molar refractivity (Wildman–Crippen MR) is 86.8 cm³/mol. The van der Waals surface area contributed by atoms with Crippen molar-refractivity contribution in [2.24, 2.45) is 5.92 Å². The maximum Gasteiger partial charge on any atom is 0.263 e. The average Bonchev–Trinajstić information content (AvgIpc) is 3.08. The number of rotatable bonds is 3. The molecule has 1 aliphatic rings. The number of anilines is 1. The third-order valence-corrected chi connectivity index (χ3v) is 5.30. The van der Waals surface area contributed by atoms with E-state index in [2.05, 4.69) is 5.32 Å². The Morgan fingerprint density at radius 3 is 3.05 bits per heavy atom. The Morgan fingerprint density at radius 2 is 2.33 bits per heavy atom. The van der Waals surface area contributed by atoms with E-state index in [4.69, 9.17) is 10.5 Å². The highest BCUT2D eigenvalue weighted by atomic mass is 32.1. The van der Waals surface area contributed by atoms with Crippen LogP contribution >= 0.6 is 11.3 Å². The minimum atomic E-state index is -0.0780. The van der Waals surface area contributed by atoms with Crippen LogP contribution in [-0.4, -0.2) is 25.2 Å². The molecule has 4 nitrogen and oxygen atoms in total. The van der Waals surface area contributed by atoms with E-state index in [1.807, 2.05) is 32.0 Å². The zero-order valence-electron chi connectivity index (χ0n) is 12.3. The van der Waals surface area contributed by atoms with Crippen LogP contribution in [0.3, 0.4) is 0 Å². The fourth-order valence-electron chi connectivity index (χ4n) is 2.74. The second-order valence-electron chi connectivity index (χ2n) is 5.73. The van der Waals surface area contributed by atoms with Crippen molar-refractivity contribution in [1.82, 2.24) is 5.32 Å². The minimum Gasteiger partial charge on any atom is -0.397 e. The first-order chi connectivity index (χ1) is 10.1. The van der Waals surface area contributed by atoms with Gasteiger partial charge in [0, 0.05) is 28.7 Å². The van der Waals surface area contributed by atoms with Gasteiger partial charge in [0.05, 0.1) is 12.3 Å². The Bertz CT molecular complexity index is 674. The smallest absolute Gasteiger partial charge is 0.263 e. The second-order valence-corrected chi connectivity index (χ2v) is 6.78. The molecule has 1 aromatic heterocycles. The van der Waals surface area contributed by atoms with Crippen LogP contribution in [0.4, 0.5) is 5.69 Å². The summed E-state index contributed by atoms with van der Waals surface area (Å²) in [4.78, 5) is 13.1. The SMILES string of the molecule is Cc1ccc2sc(C(=O)NC(C)C3CCOC3)c(N)c2c1. The molecule has 21 heavy (non-hydrogen) atoms. The van der Waals surface area contributed by atoms with E-state index >= 15 is 0 Å². The molecule has 2 heterocycles. The number of aryl methyl sites for hydroxylation is 1. The quantitative estimate of drug-likeness (QED) is 0.916. The van der Waals surface area contributed by atoms with Crippen molar-refractivity contribution in [3.05, 3.63) is 28.6 Å². The lowest BCUT2D eigenvalue weighted by atomic mass is 10.0. The van der Waals surface area contributed by atoms with E-state index in [0.717, 1.165) is 35.3 Å². The highest BCUT2D eigenvalue weighted by Gasteiger charge is 2.25. The van der Waals surface area contributed by atoms with E-state index in [0.29, 0.717) is 16.5 Å². The summed E-state index contributed by atoms with van der Waals surface area (Å²) in [5.41, 5.74) is 7.90. The van der Waals surface area contributed by atoms with E-state index < -0.39 is 0 Å². The maximum absolute atomic E-state index is 12.5. The summed E-state index contributed by atoms with van der Waals surface area (Å²) in [6.07, 6.45) is 1.00. The number of thiophene rings is 1. The molecule has 2 unspecified atom stereocenters. The molecule has 0 bridgehead atoms. The first-order valence-electron chi connectivity index (χ1n) is 7.23. The molecule has 2 aromatic rings. The van der Waals surface area contributed by atoms with Gasteiger partial charge in [-0.15, -0.1) is 11.3 Å². The molecule has 0 saturated carbocycles. The molecular formula is C16H20N2O2S. The summed E-state index contributed by atoms with van der Waals surface area (Å²) in [5.74, 6) is 0.317. The molecule has 112 valence electrons. The normalized spacial score (nSPS) is 19.8. The lowest BCUT2D eigenvalue weighted by Crippen LogP contribution is -2.38. The van der Waals surface area contributed by atoms with Gasteiger partial charge in [-0.2, -0.15) is 0 Å². The highest BCUT2D eigenvalue weighted by molar-refractivity contribution is 7.21. The number of nitrogens with two attached hydrogens (primary N) is 1. The number of carbonyl (C=O) groups excluding carboxylic acids is 1. The van der Waals surface area contributed by atoms with Gasteiger partial charge in [0.25, 0.3) is 5.91 Å². The number of fused-ring (bicyclic) bond motifs is 1. The fourth-order valence-corrected chi connectivity index (χ4v) is 3.74. The largest absolute Gasteiger partial charge is 0.397 e. The van der Waals surface area contributed by atoms with Gasteiger partial charge in [-0.05, 0) is 32.4 Å². The van der Waals surface area contributed by atoms with Gasteiger partial charge in [0.15, 0.2) is 0 Å². The third-order valence-electron chi connectivity index (χ3n) is 4.12. The zero-order chi connectivity index (χ0) is 15.0. The van der Waals surface area contributed by atoms with Gasteiger partial charge in [0.1, 0.15) is 4.88 Å². The molecule has 0 aliphatic carbocycles. The molecule has 0 radical (unpaired) electrons. The van der Waals surface area contributed by atoms with Crippen LogP contribution in [0.25, 0.3) is 10.1 Å². The lowest BCUT2D eigenvalue weighted by molar-refractivity contribution is 0.0927. The molecule has 2 atom stereocenters. The molecule has 3 N–H and O–H groups in total. The van der Waals surface area contributed by atoms with Gasteiger partial charge >= 0.3 is 0 Å². The predicted octanol–water partition coefficient (Wildman–Crippen LogP) is 2.95. The number of ether oxygens (including phenoxy) is 1. The minimum absolute atomic E-state index is 0.0780. The summed E-state index contributed by atoms with van der Waals surface area (Å²) in [7, 11) is 0. The van der Waals surface area contributed by atoms with Crippen molar-refractivity contribution in [2.45, 2.75) is 26.3 Å². The van der Waals surface area contributed by atoms with E-state index in [1.54, 1.807) is 0 Å². The monoisotopic (exact) mass is 304 g/mol. The molecule has 1 fully saturated rings. The first-order valence-corrected chi connectivity index (χ1v) is 8.05. The molecule has 1 saturated heterocycles. The summed E-state index contributed by atoms with van der Waals surface area (Å²) in [6.45, 7) is 5.57. The standard InChI is InChI=1S/C16H20N2O2S/c1-9-3-4-13-12(7-9)14(17)15(21-13)16(19)18-10(2)11-5-6-20-8-11/h3-4,7,10-11H,5-6,8,17H2,1-2H3,(H,18,19). The maximum atomic E-state index is 12.5. The second kappa shape index (κ2) is 5.66. The van der Waals surface area contributed by atoms with Crippen LogP contribution in [0, 0.1) is 12.8 Å². The molecule has 1 aromatic carbocycles. The van der Waals surface area contributed by atoms with E-state index in [9.17, 15) is 4.79 Å². The van der Waals surface area contributed by atoms with Crippen LogP contribution in [0.5, 0.6) is 0 Å². The zero-order valence-corrected chi connectivity index (χ0v) is 13.1.